The molecule has 2 aromatic carbocycles. The van der Waals surface area contributed by atoms with Gasteiger partial charge in [-0.15, -0.1) is 0 Å². The third kappa shape index (κ3) is 4.58. The lowest BCUT2D eigenvalue weighted by Gasteiger charge is -2.06. The van der Waals surface area contributed by atoms with Crippen LogP contribution in [-0.4, -0.2) is 23.9 Å². The molecule has 6 heteroatoms. The molecule has 0 bridgehead atoms. The Bertz CT molecular complexity index is 731. The van der Waals surface area contributed by atoms with E-state index in [9.17, 15) is 4.79 Å². The van der Waals surface area contributed by atoms with Crippen molar-refractivity contribution in [2.45, 2.75) is 6.92 Å². The highest BCUT2D eigenvalue weighted by atomic mass is 79.9. The summed E-state index contributed by atoms with van der Waals surface area (Å²) in [4.78, 5) is 14.8. The smallest absolute Gasteiger partial charge is 0.341 e. The topological polar surface area (TPSA) is 58.9 Å². The second-order valence-electron chi connectivity index (χ2n) is 4.56. The molecule has 0 radical (unpaired) electrons. The molecule has 0 aliphatic rings. The summed E-state index contributed by atoms with van der Waals surface area (Å²) >= 11 is 9.40. The van der Waals surface area contributed by atoms with E-state index in [-0.39, 0.29) is 6.61 Å². The number of hydrogen-bond acceptors (Lipinski definition) is 3. The molecule has 0 spiro atoms. The van der Waals surface area contributed by atoms with Crippen LogP contribution in [0.25, 0.3) is 0 Å². The summed E-state index contributed by atoms with van der Waals surface area (Å²) < 4.78 is 5.80. The minimum Gasteiger partial charge on any atom is -0.481 e. The summed E-state index contributed by atoms with van der Waals surface area (Å²) in [5.74, 6) is -0.549. The van der Waals surface area contributed by atoms with Gasteiger partial charge < -0.3 is 9.84 Å². The number of aliphatic carboxylic acids is 1. The minimum atomic E-state index is -1.02. The monoisotopic (exact) mass is 381 g/mol. The van der Waals surface area contributed by atoms with Crippen LogP contribution in [-0.2, 0) is 4.79 Å². The van der Waals surface area contributed by atoms with Gasteiger partial charge in [0.25, 0.3) is 0 Å². The Morgan fingerprint density at radius 2 is 2.14 bits per heavy atom. The zero-order valence-electron chi connectivity index (χ0n) is 11.7. The molecular weight excluding hydrogens is 370 g/mol. The lowest BCUT2D eigenvalue weighted by atomic mass is 10.2. The molecule has 0 amide bonds. The molecule has 0 fully saturated rings. The van der Waals surface area contributed by atoms with Crippen LogP contribution < -0.4 is 4.74 Å². The van der Waals surface area contributed by atoms with Crippen molar-refractivity contribution in [2.24, 2.45) is 4.99 Å². The van der Waals surface area contributed by atoms with Crippen LogP contribution in [0.5, 0.6) is 5.75 Å². The van der Waals surface area contributed by atoms with Crippen molar-refractivity contribution in [3.05, 3.63) is 57.0 Å². The normalized spacial score (nSPS) is 10.9. The Morgan fingerprint density at radius 3 is 2.77 bits per heavy atom. The summed E-state index contributed by atoms with van der Waals surface area (Å²) in [6, 6.07) is 10.9. The highest BCUT2D eigenvalue weighted by Gasteiger charge is 2.04. The number of carboxylic acid groups (broad SMARTS) is 1. The number of rotatable bonds is 5. The van der Waals surface area contributed by atoms with Crippen molar-refractivity contribution in [1.82, 2.24) is 0 Å². The summed E-state index contributed by atoms with van der Waals surface area (Å²) in [6.07, 6.45) is 1.70. The number of halogens is 2. The van der Waals surface area contributed by atoms with Crippen molar-refractivity contribution < 1.29 is 14.6 Å². The largest absolute Gasteiger partial charge is 0.481 e. The Kier molecular flexibility index (Phi) is 5.57. The predicted octanol–water partition coefficient (Wildman–Crippen LogP) is 4.62. The first-order valence-corrected chi connectivity index (χ1v) is 7.57. The molecular formula is C16H13BrClNO3. The first-order chi connectivity index (χ1) is 10.5. The third-order valence-corrected chi connectivity index (χ3v) is 3.85. The minimum absolute atomic E-state index is 0.381. The second-order valence-corrected chi connectivity index (χ2v) is 5.83. The zero-order chi connectivity index (χ0) is 16.1. The van der Waals surface area contributed by atoms with E-state index in [2.05, 4.69) is 20.9 Å². The van der Waals surface area contributed by atoms with E-state index in [1.807, 2.05) is 19.1 Å². The predicted molar refractivity (Wildman–Crippen MR) is 90.7 cm³/mol. The van der Waals surface area contributed by atoms with Gasteiger partial charge in [-0.3, -0.25) is 4.99 Å². The van der Waals surface area contributed by atoms with Crippen molar-refractivity contribution in [3.8, 4) is 5.75 Å². The quantitative estimate of drug-likeness (QED) is 0.767. The lowest BCUT2D eigenvalue weighted by molar-refractivity contribution is -0.139. The van der Waals surface area contributed by atoms with Crippen LogP contribution >= 0.6 is 27.5 Å². The first kappa shape index (κ1) is 16.5. The average molecular weight is 383 g/mol. The number of hydrogen-bond donors (Lipinski definition) is 1. The molecule has 22 heavy (non-hydrogen) atoms. The summed E-state index contributed by atoms with van der Waals surface area (Å²) in [5, 5.41) is 9.27. The molecule has 0 aliphatic carbocycles. The Labute approximate surface area is 141 Å². The van der Waals surface area contributed by atoms with Gasteiger partial charge in [-0.05, 0) is 64.3 Å². The Hall–Kier alpha value is -1.85. The standard InChI is InChI=1S/C16H13BrClNO3/c1-10-2-4-12(7-14(10)18)19-8-11-3-5-15(13(17)6-11)22-9-16(20)21/h2-8H,9H2,1H3,(H,20,21). The molecule has 0 unspecified atom stereocenters. The average Bonchev–Trinajstić information content (AvgIpc) is 2.47. The fraction of sp³-hybridized carbons (Fsp3) is 0.125. The number of nitrogens with zero attached hydrogens (tertiary/aromatic N) is 1. The van der Waals surface area contributed by atoms with Gasteiger partial charge >= 0.3 is 5.97 Å². The van der Waals surface area contributed by atoms with E-state index >= 15 is 0 Å². The van der Waals surface area contributed by atoms with Gasteiger partial charge in [0.05, 0.1) is 10.2 Å². The van der Waals surface area contributed by atoms with Crippen molar-refractivity contribution in [1.29, 1.82) is 0 Å². The number of benzene rings is 2. The van der Waals surface area contributed by atoms with Crippen LogP contribution in [0.15, 0.2) is 45.9 Å². The molecule has 0 atom stereocenters. The number of carbonyl (C=O) groups is 1. The van der Waals surface area contributed by atoms with Gasteiger partial charge in [0, 0.05) is 11.2 Å². The van der Waals surface area contributed by atoms with Crippen molar-refractivity contribution in [3.63, 3.8) is 0 Å². The number of aliphatic imine (C=N–C) groups is 1. The maximum Gasteiger partial charge on any atom is 0.341 e. The summed E-state index contributed by atoms with van der Waals surface area (Å²) in [7, 11) is 0. The molecule has 0 saturated carbocycles. The van der Waals surface area contributed by atoms with Crippen LogP contribution in [0.3, 0.4) is 0 Å². The van der Waals surface area contributed by atoms with E-state index in [4.69, 9.17) is 21.4 Å². The van der Waals surface area contributed by atoms with Gasteiger partial charge in [0.2, 0.25) is 0 Å². The molecule has 4 nitrogen and oxygen atoms in total. The highest BCUT2D eigenvalue weighted by Crippen LogP contribution is 2.26. The second kappa shape index (κ2) is 7.42. The van der Waals surface area contributed by atoms with Crippen LogP contribution in [0, 0.1) is 6.92 Å². The number of aryl methyl sites for hydroxylation is 1. The Morgan fingerprint density at radius 1 is 1.36 bits per heavy atom. The van der Waals surface area contributed by atoms with Gasteiger partial charge in [-0.2, -0.15) is 0 Å². The van der Waals surface area contributed by atoms with E-state index in [1.54, 1.807) is 30.5 Å². The van der Waals surface area contributed by atoms with Crippen molar-refractivity contribution >= 4 is 45.4 Å². The van der Waals surface area contributed by atoms with Crippen LogP contribution in [0.1, 0.15) is 11.1 Å². The molecule has 2 aromatic rings. The molecule has 0 heterocycles. The summed E-state index contributed by atoms with van der Waals surface area (Å²) in [6.45, 7) is 1.55. The van der Waals surface area contributed by atoms with Gasteiger partial charge in [-0.25, -0.2) is 4.79 Å². The lowest BCUT2D eigenvalue weighted by Crippen LogP contribution is -2.09. The van der Waals surface area contributed by atoms with E-state index in [0.717, 1.165) is 16.8 Å². The van der Waals surface area contributed by atoms with E-state index < -0.39 is 5.97 Å². The fourth-order valence-corrected chi connectivity index (χ4v) is 2.35. The molecule has 1 N–H and O–H groups in total. The molecule has 2 rings (SSSR count). The maximum atomic E-state index is 10.5. The zero-order valence-corrected chi connectivity index (χ0v) is 14.1. The summed E-state index contributed by atoms with van der Waals surface area (Å²) in [5.41, 5.74) is 2.62. The maximum absolute atomic E-state index is 10.5. The van der Waals surface area contributed by atoms with E-state index in [1.165, 1.54) is 0 Å². The van der Waals surface area contributed by atoms with E-state index in [0.29, 0.717) is 15.2 Å². The number of carboxylic acids is 1. The van der Waals surface area contributed by atoms with Gasteiger partial charge in [-0.1, -0.05) is 17.7 Å². The molecule has 0 saturated heterocycles. The highest BCUT2D eigenvalue weighted by molar-refractivity contribution is 9.10. The van der Waals surface area contributed by atoms with Crippen LogP contribution in [0.4, 0.5) is 5.69 Å². The van der Waals surface area contributed by atoms with Crippen LogP contribution in [0.2, 0.25) is 5.02 Å². The fourth-order valence-electron chi connectivity index (χ4n) is 1.67. The Balaban J connectivity index is 2.12. The first-order valence-electron chi connectivity index (χ1n) is 6.40. The third-order valence-electron chi connectivity index (χ3n) is 2.83. The SMILES string of the molecule is Cc1ccc(N=Cc2ccc(OCC(=O)O)c(Br)c2)cc1Cl. The molecule has 0 aromatic heterocycles. The molecule has 114 valence electrons. The van der Waals surface area contributed by atoms with Crippen molar-refractivity contribution in [2.75, 3.05) is 6.61 Å². The van der Waals surface area contributed by atoms with Gasteiger partial charge in [0.1, 0.15) is 5.75 Å². The molecule has 0 aliphatic heterocycles. The van der Waals surface area contributed by atoms with Gasteiger partial charge in [0.15, 0.2) is 6.61 Å². The number of ether oxygens (including phenoxy) is 1.